The number of amides is 1. The predicted molar refractivity (Wildman–Crippen MR) is 132 cm³/mol. The molecule has 1 saturated heterocycles. The summed E-state index contributed by atoms with van der Waals surface area (Å²) in [6.07, 6.45) is 4.79. The van der Waals surface area contributed by atoms with E-state index in [1.165, 1.54) is 6.92 Å². The van der Waals surface area contributed by atoms with Gasteiger partial charge >= 0.3 is 5.97 Å². The summed E-state index contributed by atoms with van der Waals surface area (Å²) < 4.78 is 11.8. The minimum atomic E-state index is -0.694. The highest BCUT2D eigenvalue weighted by Gasteiger charge is 2.60. The van der Waals surface area contributed by atoms with E-state index in [1.807, 2.05) is 48.5 Å². The zero-order valence-electron chi connectivity index (χ0n) is 20.1. The van der Waals surface area contributed by atoms with Crippen LogP contribution in [0.1, 0.15) is 48.5 Å². The minimum Gasteiger partial charge on any atom is -0.497 e. The maximum absolute atomic E-state index is 13.0. The Morgan fingerprint density at radius 1 is 1.18 bits per heavy atom. The van der Waals surface area contributed by atoms with Crippen molar-refractivity contribution in [1.29, 1.82) is 0 Å². The van der Waals surface area contributed by atoms with Gasteiger partial charge in [-0.3, -0.25) is 14.5 Å². The van der Waals surface area contributed by atoms with Crippen LogP contribution in [-0.2, 0) is 14.9 Å². The van der Waals surface area contributed by atoms with Crippen LogP contribution in [-0.4, -0.2) is 55.2 Å². The average molecular weight is 463 g/mol. The molecule has 6 nitrogen and oxygen atoms in total. The van der Waals surface area contributed by atoms with Gasteiger partial charge in [-0.25, -0.2) is 0 Å². The third-order valence-electron chi connectivity index (χ3n) is 7.42. The highest BCUT2D eigenvalue weighted by molar-refractivity contribution is 5.94. The Morgan fingerprint density at radius 3 is 2.68 bits per heavy atom. The van der Waals surface area contributed by atoms with Crippen LogP contribution in [0.2, 0.25) is 0 Å². The largest absolute Gasteiger partial charge is 0.497 e. The fourth-order valence-electron chi connectivity index (χ4n) is 5.93. The number of likely N-dealkylation sites (tertiary alicyclic amines) is 1. The second-order valence-electron chi connectivity index (χ2n) is 9.45. The van der Waals surface area contributed by atoms with Gasteiger partial charge in [0.2, 0.25) is 0 Å². The van der Waals surface area contributed by atoms with E-state index in [-0.39, 0.29) is 17.9 Å². The van der Waals surface area contributed by atoms with E-state index >= 15 is 0 Å². The van der Waals surface area contributed by atoms with Crippen LogP contribution in [0, 0.1) is 0 Å². The Balaban J connectivity index is 1.73. The number of ether oxygens (including phenoxy) is 2. The Morgan fingerprint density at radius 2 is 1.97 bits per heavy atom. The van der Waals surface area contributed by atoms with E-state index in [4.69, 9.17) is 9.47 Å². The first-order chi connectivity index (χ1) is 16.4. The van der Waals surface area contributed by atoms with E-state index in [1.54, 1.807) is 7.11 Å². The van der Waals surface area contributed by atoms with Crippen LogP contribution < -0.4 is 10.1 Å². The van der Waals surface area contributed by atoms with Crippen molar-refractivity contribution in [3.05, 3.63) is 78.4 Å². The van der Waals surface area contributed by atoms with Gasteiger partial charge in [0, 0.05) is 37.0 Å². The SMILES string of the molecule is C=CCN1CC[C@@]2(c3cccc(OC)c3)C[C@H](NC(=O)c3ccccc3)CC[C@]2(OC(C)=O)C1. The molecule has 2 aliphatic rings. The second-order valence-corrected chi connectivity index (χ2v) is 9.45. The van der Waals surface area contributed by atoms with Gasteiger partial charge in [0.05, 0.1) is 7.11 Å². The topological polar surface area (TPSA) is 67.9 Å². The van der Waals surface area contributed by atoms with E-state index < -0.39 is 11.0 Å². The molecule has 0 radical (unpaired) electrons. The Labute approximate surface area is 201 Å². The van der Waals surface area contributed by atoms with Gasteiger partial charge in [0.25, 0.3) is 5.91 Å². The molecular weight excluding hydrogens is 428 g/mol. The number of hydrogen-bond donors (Lipinski definition) is 1. The number of methoxy groups -OCH3 is 1. The minimum absolute atomic E-state index is 0.0338. The predicted octanol–water partition coefficient (Wildman–Crippen LogP) is 4.11. The number of piperidine rings is 1. The van der Waals surface area contributed by atoms with Gasteiger partial charge in [0.1, 0.15) is 11.4 Å². The molecule has 1 N–H and O–H groups in total. The third-order valence-corrected chi connectivity index (χ3v) is 7.42. The zero-order chi connectivity index (χ0) is 24.2. The number of esters is 1. The molecule has 34 heavy (non-hydrogen) atoms. The molecule has 0 bridgehead atoms. The number of hydrogen-bond acceptors (Lipinski definition) is 5. The number of fused-ring (bicyclic) bond motifs is 1. The van der Waals surface area contributed by atoms with Crippen molar-refractivity contribution < 1.29 is 19.1 Å². The van der Waals surface area contributed by atoms with Gasteiger partial charge in [-0.05, 0) is 62.1 Å². The quantitative estimate of drug-likeness (QED) is 0.496. The fraction of sp³-hybridized carbons (Fsp3) is 0.429. The van der Waals surface area contributed by atoms with Crippen LogP contribution in [0.3, 0.4) is 0 Å². The molecule has 0 unspecified atom stereocenters. The molecule has 0 spiro atoms. The lowest BCUT2D eigenvalue weighted by molar-refractivity contribution is -0.186. The van der Waals surface area contributed by atoms with Crippen molar-refractivity contribution in [1.82, 2.24) is 10.2 Å². The number of nitrogens with zero attached hydrogens (tertiary/aromatic N) is 1. The second kappa shape index (κ2) is 10.0. The zero-order valence-corrected chi connectivity index (χ0v) is 20.1. The Hall–Kier alpha value is -3.12. The van der Waals surface area contributed by atoms with E-state index in [9.17, 15) is 9.59 Å². The first kappa shape index (κ1) is 24.0. The lowest BCUT2D eigenvalue weighted by Crippen LogP contribution is -2.68. The number of carbonyl (C=O) groups is 2. The van der Waals surface area contributed by atoms with Crippen LogP contribution in [0.4, 0.5) is 0 Å². The van der Waals surface area contributed by atoms with Crippen molar-refractivity contribution in [3.63, 3.8) is 0 Å². The summed E-state index contributed by atoms with van der Waals surface area (Å²) in [6.45, 7) is 7.62. The highest BCUT2D eigenvalue weighted by Crippen LogP contribution is 2.54. The lowest BCUT2D eigenvalue weighted by atomic mass is 9.55. The van der Waals surface area contributed by atoms with E-state index in [0.717, 1.165) is 37.2 Å². The maximum atomic E-state index is 13.0. The molecule has 1 aliphatic carbocycles. The van der Waals surface area contributed by atoms with Crippen molar-refractivity contribution in [2.75, 3.05) is 26.7 Å². The monoisotopic (exact) mass is 462 g/mol. The maximum Gasteiger partial charge on any atom is 0.303 e. The highest BCUT2D eigenvalue weighted by atomic mass is 16.6. The molecule has 3 atom stereocenters. The number of carbonyl (C=O) groups excluding carboxylic acids is 2. The van der Waals surface area contributed by atoms with Crippen LogP contribution >= 0.6 is 0 Å². The van der Waals surface area contributed by atoms with Gasteiger partial charge in [-0.2, -0.15) is 0 Å². The summed E-state index contributed by atoms with van der Waals surface area (Å²) in [5.41, 5.74) is 0.596. The summed E-state index contributed by atoms with van der Waals surface area (Å²) in [5, 5.41) is 3.26. The molecular formula is C28H34N2O4. The van der Waals surface area contributed by atoms with Gasteiger partial charge in [-0.1, -0.05) is 36.4 Å². The summed E-state index contributed by atoms with van der Waals surface area (Å²) in [4.78, 5) is 27.7. The lowest BCUT2D eigenvalue weighted by Gasteiger charge is -2.59. The van der Waals surface area contributed by atoms with Crippen LogP contribution in [0.15, 0.2) is 67.3 Å². The molecule has 1 saturated carbocycles. The summed E-state index contributed by atoms with van der Waals surface area (Å²) in [6, 6.07) is 17.3. The summed E-state index contributed by atoms with van der Waals surface area (Å²) >= 11 is 0. The molecule has 180 valence electrons. The molecule has 1 amide bonds. The van der Waals surface area contributed by atoms with Crippen molar-refractivity contribution in [2.24, 2.45) is 0 Å². The van der Waals surface area contributed by atoms with Gasteiger partial charge in [0.15, 0.2) is 0 Å². The standard InChI is InChI=1S/C28H34N2O4/c1-4-16-30-17-15-27(23-11-8-12-25(18-23)33-3)19-24(13-14-28(27,20-30)34-21(2)31)29-26(32)22-9-6-5-7-10-22/h4-12,18,24H,1,13-17,19-20H2,2-3H3,(H,29,32)/t24-,27+,28+/m1/s1. The first-order valence-corrected chi connectivity index (χ1v) is 11.9. The molecule has 4 rings (SSSR count). The molecule has 2 fully saturated rings. The number of rotatable bonds is 7. The molecule has 2 aromatic rings. The Kier molecular flexibility index (Phi) is 7.08. The van der Waals surface area contributed by atoms with Crippen LogP contribution in [0.5, 0.6) is 5.75 Å². The van der Waals surface area contributed by atoms with E-state index in [2.05, 4.69) is 28.9 Å². The first-order valence-electron chi connectivity index (χ1n) is 11.9. The van der Waals surface area contributed by atoms with Crippen molar-refractivity contribution in [3.8, 4) is 5.75 Å². The average Bonchev–Trinajstić information content (AvgIpc) is 2.84. The van der Waals surface area contributed by atoms with E-state index in [0.29, 0.717) is 24.9 Å². The van der Waals surface area contributed by atoms with Crippen LogP contribution in [0.25, 0.3) is 0 Å². The Bertz CT molecular complexity index is 1040. The molecule has 1 heterocycles. The van der Waals surface area contributed by atoms with Gasteiger partial charge in [-0.15, -0.1) is 6.58 Å². The summed E-state index contributed by atoms with van der Waals surface area (Å²) in [5.74, 6) is 0.419. The molecule has 1 aliphatic heterocycles. The smallest absolute Gasteiger partial charge is 0.303 e. The van der Waals surface area contributed by atoms with Crippen molar-refractivity contribution in [2.45, 2.75) is 49.7 Å². The fourth-order valence-corrected chi connectivity index (χ4v) is 5.93. The normalized spacial score (nSPS) is 26.7. The van der Waals surface area contributed by atoms with Gasteiger partial charge < -0.3 is 14.8 Å². The molecule has 2 aromatic carbocycles. The number of benzene rings is 2. The molecule has 0 aromatic heterocycles. The molecule has 6 heteroatoms. The number of nitrogens with one attached hydrogen (secondary N) is 1. The van der Waals surface area contributed by atoms with Crippen molar-refractivity contribution >= 4 is 11.9 Å². The summed E-state index contributed by atoms with van der Waals surface area (Å²) in [7, 11) is 1.66. The third kappa shape index (κ3) is 4.60.